The van der Waals surface area contributed by atoms with Crippen LogP contribution in [0.5, 0.6) is 0 Å². The van der Waals surface area contributed by atoms with E-state index < -0.39 is 0 Å². The number of nitrogens with two attached hydrogens (primary N) is 1. The highest BCUT2D eigenvalue weighted by molar-refractivity contribution is 6.30. The molecule has 1 atom stereocenters. The molecule has 0 saturated carbocycles. The van der Waals surface area contributed by atoms with Crippen molar-refractivity contribution in [3.63, 3.8) is 0 Å². The predicted molar refractivity (Wildman–Crippen MR) is 71.1 cm³/mol. The van der Waals surface area contributed by atoms with Gasteiger partial charge in [0.05, 0.1) is 0 Å². The maximum Gasteiger partial charge on any atom is 0.0409 e. The van der Waals surface area contributed by atoms with Gasteiger partial charge in [-0.05, 0) is 48.2 Å². The monoisotopic (exact) mass is 246 g/mol. The van der Waals surface area contributed by atoms with E-state index in [1.807, 2.05) is 36.5 Å². The number of aryl methyl sites for hydroxylation is 1. The molecule has 2 aromatic rings. The standard InChI is InChI=1S/C14H15ClN2/c1-10-4-5-12(15)8-13(10)14(16)7-11-3-2-6-17-9-11/h2-6,8-9,14H,7,16H2,1H3. The van der Waals surface area contributed by atoms with E-state index in [-0.39, 0.29) is 6.04 Å². The van der Waals surface area contributed by atoms with E-state index in [4.69, 9.17) is 17.3 Å². The Balaban J connectivity index is 2.20. The number of aromatic nitrogens is 1. The molecule has 2 nitrogen and oxygen atoms in total. The van der Waals surface area contributed by atoms with E-state index in [2.05, 4.69) is 11.9 Å². The van der Waals surface area contributed by atoms with Crippen molar-refractivity contribution in [2.75, 3.05) is 0 Å². The molecule has 0 saturated heterocycles. The van der Waals surface area contributed by atoms with Crippen LogP contribution < -0.4 is 5.73 Å². The zero-order chi connectivity index (χ0) is 12.3. The molecule has 2 rings (SSSR count). The van der Waals surface area contributed by atoms with Gasteiger partial charge in [-0.15, -0.1) is 0 Å². The molecule has 1 heterocycles. The summed E-state index contributed by atoms with van der Waals surface area (Å²) >= 11 is 6.00. The highest BCUT2D eigenvalue weighted by atomic mass is 35.5. The van der Waals surface area contributed by atoms with Gasteiger partial charge in [0.2, 0.25) is 0 Å². The molecule has 3 heteroatoms. The van der Waals surface area contributed by atoms with Gasteiger partial charge in [-0.1, -0.05) is 23.7 Å². The molecule has 0 fully saturated rings. The van der Waals surface area contributed by atoms with Gasteiger partial charge in [-0.25, -0.2) is 0 Å². The summed E-state index contributed by atoms with van der Waals surface area (Å²) in [6, 6.07) is 9.74. The number of rotatable bonds is 3. The van der Waals surface area contributed by atoms with Crippen molar-refractivity contribution < 1.29 is 0 Å². The SMILES string of the molecule is Cc1ccc(Cl)cc1C(N)Cc1cccnc1. The maximum atomic E-state index is 6.21. The molecule has 0 aliphatic heterocycles. The van der Waals surface area contributed by atoms with Crippen molar-refractivity contribution in [1.29, 1.82) is 0 Å². The van der Waals surface area contributed by atoms with Gasteiger partial charge in [0, 0.05) is 23.5 Å². The van der Waals surface area contributed by atoms with Gasteiger partial charge in [0.25, 0.3) is 0 Å². The van der Waals surface area contributed by atoms with E-state index in [1.54, 1.807) is 6.20 Å². The van der Waals surface area contributed by atoms with E-state index in [0.717, 1.165) is 22.6 Å². The molecule has 2 N–H and O–H groups in total. The van der Waals surface area contributed by atoms with Crippen LogP contribution in [0.25, 0.3) is 0 Å². The van der Waals surface area contributed by atoms with Gasteiger partial charge < -0.3 is 5.73 Å². The summed E-state index contributed by atoms with van der Waals surface area (Å²) < 4.78 is 0. The van der Waals surface area contributed by atoms with Crippen LogP contribution in [0.15, 0.2) is 42.7 Å². The Labute approximate surface area is 106 Å². The Kier molecular flexibility index (Phi) is 3.77. The summed E-state index contributed by atoms with van der Waals surface area (Å²) in [6.45, 7) is 2.05. The summed E-state index contributed by atoms with van der Waals surface area (Å²) in [5.41, 5.74) is 9.62. The number of benzene rings is 1. The predicted octanol–water partition coefficient (Wildman–Crippen LogP) is 3.29. The van der Waals surface area contributed by atoms with Gasteiger partial charge in [0.15, 0.2) is 0 Å². The second-order valence-corrected chi connectivity index (χ2v) is 4.61. The Hall–Kier alpha value is -1.38. The minimum absolute atomic E-state index is 0.0436. The summed E-state index contributed by atoms with van der Waals surface area (Å²) in [5.74, 6) is 0. The molecule has 0 amide bonds. The minimum atomic E-state index is -0.0436. The Morgan fingerprint density at radius 2 is 2.18 bits per heavy atom. The van der Waals surface area contributed by atoms with Gasteiger partial charge in [-0.3, -0.25) is 4.98 Å². The number of nitrogens with zero attached hydrogens (tertiary/aromatic N) is 1. The highest BCUT2D eigenvalue weighted by Gasteiger charge is 2.10. The van der Waals surface area contributed by atoms with Crippen molar-refractivity contribution in [2.24, 2.45) is 5.73 Å². The third kappa shape index (κ3) is 3.05. The minimum Gasteiger partial charge on any atom is -0.324 e. The van der Waals surface area contributed by atoms with Crippen molar-refractivity contribution in [2.45, 2.75) is 19.4 Å². The lowest BCUT2D eigenvalue weighted by Gasteiger charge is -2.15. The highest BCUT2D eigenvalue weighted by Crippen LogP contribution is 2.22. The summed E-state index contributed by atoms with van der Waals surface area (Å²) in [7, 11) is 0. The number of hydrogen-bond acceptors (Lipinski definition) is 2. The fourth-order valence-electron chi connectivity index (χ4n) is 1.89. The second kappa shape index (κ2) is 5.30. The zero-order valence-electron chi connectivity index (χ0n) is 9.73. The average molecular weight is 247 g/mol. The molecule has 0 spiro atoms. The van der Waals surface area contributed by atoms with Crippen LogP contribution >= 0.6 is 11.6 Å². The maximum absolute atomic E-state index is 6.21. The van der Waals surface area contributed by atoms with E-state index >= 15 is 0 Å². The lowest BCUT2D eigenvalue weighted by atomic mass is 9.97. The molecule has 88 valence electrons. The third-order valence-electron chi connectivity index (χ3n) is 2.82. The first kappa shape index (κ1) is 12.1. The van der Waals surface area contributed by atoms with Crippen LogP contribution in [-0.2, 0) is 6.42 Å². The van der Waals surface area contributed by atoms with Gasteiger partial charge in [0.1, 0.15) is 0 Å². The number of pyridine rings is 1. The fourth-order valence-corrected chi connectivity index (χ4v) is 2.07. The molecule has 1 aromatic carbocycles. The Bertz CT molecular complexity index is 497. The normalized spacial score (nSPS) is 12.4. The smallest absolute Gasteiger partial charge is 0.0409 e. The Morgan fingerprint density at radius 3 is 2.88 bits per heavy atom. The third-order valence-corrected chi connectivity index (χ3v) is 3.05. The van der Waals surface area contributed by atoms with Crippen LogP contribution in [0.1, 0.15) is 22.7 Å². The van der Waals surface area contributed by atoms with E-state index in [1.165, 1.54) is 5.56 Å². The molecule has 17 heavy (non-hydrogen) atoms. The molecule has 0 aliphatic carbocycles. The number of halogens is 1. The molecule has 1 unspecified atom stereocenters. The largest absolute Gasteiger partial charge is 0.324 e. The summed E-state index contributed by atoms with van der Waals surface area (Å²) in [6.07, 6.45) is 4.38. The van der Waals surface area contributed by atoms with Crippen LogP contribution in [0.3, 0.4) is 0 Å². The van der Waals surface area contributed by atoms with E-state index in [0.29, 0.717) is 0 Å². The summed E-state index contributed by atoms with van der Waals surface area (Å²) in [4.78, 5) is 4.09. The Morgan fingerprint density at radius 1 is 1.35 bits per heavy atom. The first-order chi connectivity index (χ1) is 8.16. The zero-order valence-corrected chi connectivity index (χ0v) is 10.5. The molecular formula is C14H15ClN2. The first-order valence-electron chi connectivity index (χ1n) is 5.57. The average Bonchev–Trinajstić information content (AvgIpc) is 2.33. The van der Waals surface area contributed by atoms with E-state index in [9.17, 15) is 0 Å². The fraction of sp³-hybridized carbons (Fsp3) is 0.214. The van der Waals surface area contributed by atoms with Crippen molar-refractivity contribution in [3.8, 4) is 0 Å². The molecule has 0 aliphatic rings. The van der Waals surface area contributed by atoms with Crippen LogP contribution in [0.4, 0.5) is 0 Å². The molecular weight excluding hydrogens is 232 g/mol. The lowest BCUT2D eigenvalue weighted by Crippen LogP contribution is -2.14. The molecule has 0 bridgehead atoms. The van der Waals surface area contributed by atoms with Crippen LogP contribution in [0.2, 0.25) is 5.02 Å². The molecule has 1 aromatic heterocycles. The second-order valence-electron chi connectivity index (χ2n) is 4.17. The van der Waals surface area contributed by atoms with Crippen LogP contribution in [-0.4, -0.2) is 4.98 Å². The van der Waals surface area contributed by atoms with Crippen molar-refractivity contribution in [1.82, 2.24) is 4.98 Å². The first-order valence-corrected chi connectivity index (χ1v) is 5.95. The van der Waals surface area contributed by atoms with Gasteiger partial charge >= 0.3 is 0 Å². The topological polar surface area (TPSA) is 38.9 Å². The quantitative estimate of drug-likeness (QED) is 0.903. The lowest BCUT2D eigenvalue weighted by molar-refractivity contribution is 0.714. The van der Waals surface area contributed by atoms with Crippen molar-refractivity contribution >= 4 is 11.6 Å². The van der Waals surface area contributed by atoms with Crippen molar-refractivity contribution in [3.05, 3.63) is 64.4 Å². The molecule has 0 radical (unpaired) electrons. The summed E-state index contributed by atoms with van der Waals surface area (Å²) in [5, 5.41) is 0.729. The van der Waals surface area contributed by atoms with Crippen LogP contribution in [0, 0.1) is 6.92 Å². The number of hydrogen-bond donors (Lipinski definition) is 1. The van der Waals surface area contributed by atoms with Gasteiger partial charge in [-0.2, -0.15) is 0 Å².